The van der Waals surface area contributed by atoms with E-state index in [2.05, 4.69) is 4.52 Å². The van der Waals surface area contributed by atoms with Crippen LogP contribution in [0, 0.1) is 0 Å². The van der Waals surface area contributed by atoms with E-state index >= 15 is 0 Å². The van der Waals surface area contributed by atoms with Crippen LogP contribution in [0.5, 0.6) is 0 Å². The van der Waals surface area contributed by atoms with Crippen LogP contribution in [0.1, 0.15) is 0 Å². The summed E-state index contributed by atoms with van der Waals surface area (Å²) in [6.07, 6.45) is -2.00. The van der Waals surface area contributed by atoms with Crippen LogP contribution in [0.25, 0.3) is 0 Å². The number of likely N-dealkylation sites (N-methyl/N-ethyl adjacent to an activating group) is 1. The van der Waals surface area contributed by atoms with Crippen LogP contribution < -0.4 is 4.89 Å². The molecule has 0 rings (SSSR count). The van der Waals surface area contributed by atoms with E-state index in [9.17, 15) is 13.8 Å². The van der Waals surface area contributed by atoms with Gasteiger partial charge in [0, 0.05) is 0 Å². The van der Waals surface area contributed by atoms with E-state index in [-0.39, 0.29) is 11.0 Å². The summed E-state index contributed by atoms with van der Waals surface area (Å²) in [5.41, 5.74) is 0. The van der Waals surface area contributed by atoms with Crippen molar-refractivity contribution in [3.05, 3.63) is 0 Å². The minimum absolute atomic E-state index is 0.146. The molecule has 0 fully saturated rings. The predicted octanol–water partition coefficient (Wildman–Crippen LogP) is -0.534. The molecule has 2 atom stereocenters. The maximum absolute atomic E-state index is 12.6. The maximum atomic E-state index is 12.6. The third-order valence-corrected chi connectivity index (χ3v) is 1.43. The monoisotopic (exact) mass is 201 g/mol. The summed E-state index contributed by atoms with van der Waals surface area (Å²) in [4.78, 5) is 18.2. The molecule has 0 saturated heterocycles. The zero-order valence-electron chi connectivity index (χ0n) is 7.23. The Hall–Kier alpha value is -0.0000000000000000416. The highest BCUT2D eigenvalue weighted by Crippen LogP contribution is 2.33. The van der Waals surface area contributed by atoms with Gasteiger partial charge >= 0.3 is 0 Å². The van der Waals surface area contributed by atoms with Crippen LogP contribution in [0.3, 0.4) is 0 Å². The molecule has 7 heteroatoms. The van der Waals surface area contributed by atoms with Crippen molar-refractivity contribution in [1.29, 1.82) is 0 Å². The van der Waals surface area contributed by atoms with Crippen LogP contribution >= 0.6 is 7.82 Å². The first-order valence-corrected chi connectivity index (χ1v) is 4.76. The molecule has 0 bridgehead atoms. The van der Waals surface area contributed by atoms with Crippen molar-refractivity contribution in [1.82, 2.24) is 0 Å². The van der Waals surface area contributed by atoms with Crippen molar-refractivity contribution in [2.45, 2.75) is 6.36 Å². The molecule has 0 aliphatic carbocycles. The summed E-state index contributed by atoms with van der Waals surface area (Å²) in [6, 6.07) is 0. The van der Waals surface area contributed by atoms with Gasteiger partial charge in [0.2, 0.25) is 0 Å². The summed E-state index contributed by atoms with van der Waals surface area (Å²) in [7, 11) is 0.0662. The molecule has 0 spiro atoms. The van der Waals surface area contributed by atoms with Crippen molar-refractivity contribution >= 4 is 7.82 Å². The van der Waals surface area contributed by atoms with Gasteiger partial charge in [-0.1, -0.05) is 0 Å². The second-order valence-electron chi connectivity index (χ2n) is 3.46. The van der Waals surface area contributed by atoms with Crippen LogP contribution in [0.4, 0.5) is 4.39 Å². The smallest absolute Gasteiger partial charge is 0.268 e. The summed E-state index contributed by atoms with van der Waals surface area (Å²) < 4.78 is 26.6. The molecule has 1 N–H and O–H groups in total. The predicted molar refractivity (Wildman–Crippen MR) is 38.7 cm³/mol. The Morgan fingerprint density at radius 2 is 2.08 bits per heavy atom. The lowest BCUT2D eigenvalue weighted by atomic mass is 10.5. The Kier molecular flexibility index (Phi) is 3.81. The molecule has 0 amide bonds. The molecule has 0 aliphatic heterocycles. The van der Waals surface area contributed by atoms with Gasteiger partial charge in [0.15, 0.2) is 0 Å². The van der Waals surface area contributed by atoms with Crippen molar-refractivity contribution in [3.8, 4) is 0 Å². The average Bonchev–Trinajstić information content (AvgIpc) is 1.49. The number of hydrogen-bond donors (Lipinski definition) is 1. The van der Waals surface area contributed by atoms with E-state index < -0.39 is 14.2 Å². The van der Waals surface area contributed by atoms with Gasteiger partial charge in [-0.15, -0.1) is 0 Å². The molecule has 0 aliphatic rings. The Morgan fingerprint density at radius 3 is 2.33 bits per heavy atom. The number of rotatable bonds is 4. The van der Waals surface area contributed by atoms with Gasteiger partial charge < -0.3 is 14.3 Å². The highest BCUT2D eigenvalue weighted by atomic mass is 31.2. The van der Waals surface area contributed by atoms with Gasteiger partial charge in [-0.05, 0) is 0 Å². The van der Waals surface area contributed by atoms with E-state index in [1.165, 1.54) is 0 Å². The number of hydrogen-bond acceptors (Lipinski definition) is 3. The zero-order chi connectivity index (χ0) is 9.99. The molecule has 0 radical (unpaired) electrons. The second-order valence-corrected chi connectivity index (χ2v) is 4.60. The van der Waals surface area contributed by atoms with Gasteiger partial charge in [-0.2, -0.15) is 0 Å². The van der Waals surface area contributed by atoms with E-state index in [0.717, 1.165) is 0 Å². The first-order chi connectivity index (χ1) is 5.10. The minimum Gasteiger partial charge on any atom is -0.756 e. The third kappa shape index (κ3) is 8.10. The average molecular weight is 201 g/mol. The fourth-order valence-electron chi connectivity index (χ4n) is 0.608. The summed E-state index contributed by atoms with van der Waals surface area (Å²) in [5.74, 6) is 0. The molecule has 0 saturated carbocycles. The molecule has 0 heterocycles. The van der Waals surface area contributed by atoms with E-state index in [1.807, 2.05) is 0 Å². The molecule has 0 aromatic heterocycles. The fraction of sp³-hybridized carbons (Fsp3) is 1.00. The number of nitrogens with zero attached hydrogens (tertiary/aromatic N) is 1. The highest BCUT2D eigenvalue weighted by Gasteiger charge is 2.21. The molecule has 0 aromatic rings. The number of halogens is 1. The van der Waals surface area contributed by atoms with Gasteiger partial charge in [-0.25, -0.2) is 4.39 Å². The van der Waals surface area contributed by atoms with Crippen LogP contribution in [0.15, 0.2) is 0 Å². The molecule has 0 aromatic carbocycles. The molecule has 2 unspecified atom stereocenters. The van der Waals surface area contributed by atoms with Crippen LogP contribution in [-0.4, -0.2) is 43.4 Å². The highest BCUT2D eigenvalue weighted by molar-refractivity contribution is 7.44. The lowest BCUT2D eigenvalue weighted by molar-refractivity contribution is -0.875. The lowest BCUT2D eigenvalue weighted by Gasteiger charge is -2.27. The first kappa shape index (κ1) is 12.0. The molecular formula is C5H13FNO4P. The number of quaternary nitrogens is 1. The van der Waals surface area contributed by atoms with Crippen molar-refractivity contribution in [3.63, 3.8) is 0 Å². The topological polar surface area (TPSA) is 69.6 Å². The van der Waals surface area contributed by atoms with E-state index in [4.69, 9.17) is 4.89 Å². The normalized spacial score (nSPS) is 20.2. The zero-order valence-corrected chi connectivity index (χ0v) is 8.12. The SMILES string of the molecule is C[N+](C)(C)CC(F)OP(=O)([O-])O. The standard InChI is InChI=1S/C5H13FNO4P/c1-7(2,3)4-5(6)11-12(8,9)10/h5H,4H2,1-3H3,(H-,8,9,10). The molecule has 5 nitrogen and oxygen atoms in total. The Morgan fingerprint density at radius 1 is 1.67 bits per heavy atom. The van der Waals surface area contributed by atoms with Crippen molar-refractivity contribution in [2.75, 3.05) is 27.7 Å². The quantitative estimate of drug-likeness (QED) is 0.490. The lowest BCUT2D eigenvalue weighted by Crippen LogP contribution is -2.40. The van der Waals surface area contributed by atoms with E-state index in [1.54, 1.807) is 21.1 Å². The summed E-state index contributed by atoms with van der Waals surface area (Å²) in [6.45, 7) is -0.146. The largest absolute Gasteiger partial charge is 0.756 e. The minimum atomic E-state index is -4.94. The van der Waals surface area contributed by atoms with Gasteiger partial charge in [0.25, 0.3) is 14.2 Å². The van der Waals surface area contributed by atoms with Gasteiger partial charge in [0.05, 0.1) is 21.1 Å². The summed E-state index contributed by atoms with van der Waals surface area (Å²) >= 11 is 0. The molecule has 74 valence electrons. The number of phosphoric ester groups is 1. The Bertz CT molecular complexity index is 186. The molecular weight excluding hydrogens is 188 g/mol. The second kappa shape index (κ2) is 3.81. The van der Waals surface area contributed by atoms with Crippen molar-refractivity contribution < 1.29 is 27.7 Å². The summed E-state index contributed by atoms with van der Waals surface area (Å²) in [5, 5.41) is 0. The molecule has 12 heavy (non-hydrogen) atoms. The van der Waals surface area contributed by atoms with Crippen LogP contribution in [-0.2, 0) is 9.09 Å². The van der Waals surface area contributed by atoms with E-state index in [0.29, 0.717) is 0 Å². The first-order valence-electron chi connectivity index (χ1n) is 3.27. The number of alkyl halides is 1. The number of phosphoric acid groups is 1. The maximum Gasteiger partial charge on any atom is 0.268 e. The van der Waals surface area contributed by atoms with Gasteiger partial charge in [-0.3, -0.25) is 9.09 Å². The Labute approximate surface area is 70.6 Å². The third-order valence-electron chi connectivity index (χ3n) is 0.939. The van der Waals surface area contributed by atoms with Crippen molar-refractivity contribution in [2.24, 2.45) is 0 Å². The fourth-order valence-corrected chi connectivity index (χ4v) is 0.964. The van der Waals surface area contributed by atoms with Gasteiger partial charge in [0.1, 0.15) is 6.54 Å². The van der Waals surface area contributed by atoms with Crippen LogP contribution in [0.2, 0.25) is 0 Å². The Balaban J connectivity index is 3.91.